The number of hydrogen-bond acceptors (Lipinski definition) is 5. The summed E-state index contributed by atoms with van der Waals surface area (Å²) in [5.74, 6) is -0.293. The van der Waals surface area contributed by atoms with Crippen LogP contribution in [0.1, 0.15) is 32.8 Å². The molecule has 1 aliphatic rings. The zero-order valence-corrected chi connectivity index (χ0v) is 15.9. The topological polar surface area (TPSA) is 94.1 Å². The van der Waals surface area contributed by atoms with Gasteiger partial charge in [0.25, 0.3) is 0 Å². The van der Waals surface area contributed by atoms with Crippen molar-refractivity contribution in [2.45, 2.75) is 45.3 Å². The highest BCUT2D eigenvalue weighted by molar-refractivity contribution is 5.90. The molecule has 2 unspecified atom stereocenters. The lowest BCUT2D eigenvalue weighted by Gasteiger charge is -2.58. The van der Waals surface area contributed by atoms with Crippen LogP contribution in [0.25, 0.3) is 0 Å². The number of carbonyl (C=O) groups excluding carboxylic acids is 1. The van der Waals surface area contributed by atoms with Gasteiger partial charge in [-0.1, -0.05) is 13.8 Å². The Morgan fingerprint density at radius 3 is 2.46 bits per heavy atom. The number of benzene rings is 1. The van der Waals surface area contributed by atoms with Gasteiger partial charge in [-0.05, 0) is 25.1 Å². The predicted octanol–water partition coefficient (Wildman–Crippen LogP) is 2.02. The van der Waals surface area contributed by atoms with E-state index in [0.717, 1.165) is 0 Å². The number of carbonyl (C=O) groups is 2. The fourth-order valence-corrected chi connectivity index (χ4v) is 3.51. The standard InChI is InChI=1S/C19H27NO6/c1-6-26-15-11-19(17(22)23,18(15,2)3)20-16(21)10-12-9-13(24-4)7-8-14(12)25-5/h7-9,15H,6,10-11H2,1-5H3,(H,20,21)(H,22,23). The zero-order valence-electron chi connectivity index (χ0n) is 15.9. The van der Waals surface area contributed by atoms with E-state index in [1.165, 1.54) is 14.2 Å². The minimum absolute atomic E-state index is 0.00914. The van der Waals surface area contributed by atoms with Crippen molar-refractivity contribution in [1.82, 2.24) is 5.32 Å². The van der Waals surface area contributed by atoms with Crippen molar-refractivity contribution in [3.8, 4) is 11.5 Å². The molecule has 144 valence electrons. The molecular formula is C19H27NO6. The van der Waals surface area contributed by atoms with Gasteiger partial charge in [0.15, 0.2) is 0 Å². The first-order valence-electron chi connectivity index (χ1n) is 8.58. The molecule has 0 bridgehead atoms. The van der Waals surface area contributed by atoms with Crippen molar-refractivity contribution in [2.75, 3.05) is 20.8 Å². The van der Waals surface area contributed by atoms with Crippen LogP contribution in [0, 0.1) is 5.41 Å². The Labute approximate surface area is 153 Å². The molecule has 0 aliphatic heterocycles. The fourth-order valence-electron chi connectivity index (χ4n) is 3.51. The molecule has 0 spiro atoms. The molecule has 1 fully saturated rings. The Kier molecular flexibility index (Phi) is 5.81. The first kappa shape index (κ1) is 20.0. The van der Waals surface area contributed by atoms with Crippen LogP contribution in [0.2, 0.25) is 0 Å². The summed E-state index contributed by atoms with van der Waals surface area (Å²) in [6, 6.07) is 5.16. The lowest BCUT2D eigenvalue weighted by Crippen LogP contribution is -2.76. The van der Waals surface area contributed by atoms with Crippen LogP contribution in [0.15, 0.2) is 18.2 Å². The normalized spacial score (nSPS) is 23.7. The summed E-state index contributed by atoms with van der Waals surface area (Å²) in [4.78, 5) is 24.6. The van der Waals surface area contributed by atoms with Crippen LogP contribution < -0.4 is 14.8 Å². The number of amides is 1. The maximum atomic E-state index is 12.6. The van der Waals surface area contributed by atoms with Crippen LogP contribution in [-0.4, -0.2) is 49.5 Å². The van der Waals surface area contributed by atoms with Gasteiger partial charge in [0.1, 0.15) is 17.0 Å². The van der Waals surface area contributed by atoms with Crippen molar-refractivity contribution in [3.05, 3.63) is 23.8 Å². The minimum atomic E-state index is -1.35. The molecule has 1 aliphatic carbocycles. The van der Waals surface area contributed by atoms with E-state index in [0.29, 0.717) is 23.7 Å². The van der Waals surface area contributed by atoms with Crippen molar-refractivity contribution in [3.63, 3.8) is 0 Å². The molecule has 2 rings (SSSR count). The molecule has 26 heavy (non-hydrogen) atoms. The average molecular weight is 365 g/mol. The molecule has 2 atom stereocenters. The van der Waals surface area contributed by atoms with Gasteiger partial charge in [-0.25, -0.2) is 4.79 Å². The predicted molar refractivity (Wildman–Crippen MR) is 95.6 cm³/mol. The van der Waals surface area contributed by atoms with Gasteiger partial charge in [0, 0.05) is 24.0 Å². The molecule has 1 aromatic rings. The first-order valence-corrected chi connectivity index (χ1v) is 8.58. The third-order valence-electron chi connectivity index (χ3n) is 5.32. The van der Waals surface area contributed by atoms with E-state index in [9.17, 15) is 14.7 Å². The third kappa shape index (κ3) is 3.35. The summed E-state index contributed by atoms with van der Waals surface area (Å²) in [6.45, 7) is 5.97. The van der Waals surface area contributed by atoms with Gasteiger partial charge in [0.2, 0.25) is 5.91 Å². The monoisotopic (exact) mass is 365 g/mol. The Bertz CT molecular complexity index is 687. The van der Waals surface area contributed by atoms with E-state index in [4.69, 9.17) is 14.2 Å². The van der Waals surface area contributed by atoms with Crippen LogP contribution in [0.5, 0.6) is 11.5 Å². The number of aliphatic carboxylic acids is 1. The number of hydrogen-bond donors (Lipinski definition) is 2. The van der Waals surface area contributed by atoms with Gasteiger partial charge in [0.05, 0.1) is 26.7 Å². The van der Waals surface area contributed by atoms with Crippen molar-refractivity contribution >= 4 is 11.9 Å². The first-order chi connectivity index (χ1) is 12.2. The molecule has 7 heteroatoms. The number of carboxylic acid groups (broad SMARTS) is 1. The number of rotatable bonds is 8. The zero-order chi connectivity index (χ0) is 19.5. The number of methoxy groups -OCH3 is 2. The highest BCUT2D eigenvalue weighted by atomic mass is 16.5. The van der Waals surface area contributed by atoms with Crippen molar-refractivity contribution in [2.24, 2.45) is 5.41 Å². The quantitative estimate of drug-likeness (QED) is 0.732. The van der Waals surface area contributed by atoms with Crippen molar-refractivity contribution in [1.29, 1.82) is 0 Å². The molecule has 0 saturated heterocycles. The van der Waals surface area contributed by atoms with Gasteiger partial charge in [-0.2, -0.15) is 0 Å². The van der Waals surface area contributed by atoms with E-state index in [1.807, 2.05) is 6.92 Å². The smallest absolute Gasteiger partial charge is 0.330 e. The summed E-state index contributed by atoms with van der Waals surface area (Å²) in [6.07, 6.45) is 0.0184. The van der Waals surface area contributed by atoms with E-state index in [-0.39, 0.29) is 24.9 Å². The Balaban J connectivity index is 2.19. The summed E-state index contributed by atoms with van der Waals surface area (Å²) < 4.78 is 16.1. The summed E-state index contributed by atoms with van der Waals surface area (Å²) in [5, 5.41) is 12.5. The van der Waals surface area contributed by atoms with E-state index in [1.54, 1.807) is 32.0 Å². The fraction of sp³-hybridized carbons (Fsp3) is 0.579. The highest BCUT2D eigenvalue weighted by Crippen LogP contribution is 2.51. The summed E-state index contributed by atoms with van der Waals surface area (Å²) in [7, 11) is 3.06. The molecule has 0 radical (unpaired) electrons. The van der Waals surface area contributed by atoms with Crippen molar-refractivity contribution < 1.29 is 28.9 Å². The lowest BCUT2D eigenvalue weighted by atomic mass is 9.54. The molecule has 0 heterocycles. The maximum absolute atomic E-state index is 12.6. The second-order valence-corrected chi connectivity index (χ2v) is 6.98. The number of ether oxygens (including phenoxy) is 3. The van der Waals surface area contributed by atoms with E-state index in [2.05, 4.69) is 5.32 Å². The molecule has 0 aromatic heterocycles. The van der Waals surface area contributed by atoms with Gasteiger partial charge in [-0.15, -0.1) is 0 Å². The van der Waals surface area contributed by atoms with Gasteiger partial charge >= 0.3 is 5.97 Å². The average Bonchev–Trinajstić information content (AvgIpc) is 2.60. The van der Waals surface area contributed by atoms with Gasteiger partial charge in [-0.3, -0.25) is 4.79 Å². The van der Waals surface area contributed by atoms with E-state index >= 15 is 0 Å². The van der Waals surface area contributed by atoms with Crippen LogP contribution in [-0.2, 0) is 20.7 Å². The molecule has 1 saturated carbocycles. The lowest BCUT2D eigenvalue weighted by molar-refractivity contribution is -0.194. The second-order valence-electron chi connectivity index (χ2n) is 6.98. The molecular weight excluding hydrogens is 338 g/mol. The maximum Gasteiger partial charge on any atom is 0.330 e. The summed E-state index contributed by atoms with van der Waals surface area (Å²) >= 11 is 0. The number of carboxylic acids is 1. The third-order valence-corrected chi connectivity index (χ3v) is 5.32. The molecule has 2 N–H and O–H groups in total. The van der Waals surface area contributed by atoms with Gasteiger partial charge < -0.3 is 24.6 Å². The second kappa shape index (κ2) is 7.53. The largest absolute Gasteiger partial charge is 0.497 e. The molecule has 7 nitrogen and oxygen atoms in total. The van der Waals surface area contributed by atoms with Crippen LogP contribution in [0.4, 0.5) is 0 Å². The van der Waals surface area contributed by atoms with Crippen LogP contribution >= 0.6 is 0 Å². The SMILES string of the molecule is CCOC1CC(NC(=O)Cc2cc(OC)ccc2OC)(C(=O)O)C1(C)C. The number of nitrogens with one attached hydrogen (secondary N) is 1. The minimum Gasteiger partial charge on any atom is -0.497 e. The Hall–Kier alpha value is -2.28. The molecule has 1 amide bonds. The van der Waals surface area contributed by atoms with Crippen LogP contribution in [0.3, 0.4) is 0 Å². The Morgan fingerprint density at radius 2 is 1.96 bits per heavy atom. The Morgan fingerprint density at radius 1 is 1.27 bits per heavy atom. The summed E-state index contributed by atoms with van der Waals surface area (Å²) in [5.41, 5.74) is -1.44. The molecule has 1 aromatic carbocycles. The highest BCUT2D eigenvalue weighted by Gasteiger charge is 2.66. The van der Waals surface area contributed by atoms with E-state index < -0.39 is 16.9 Å².